The van der Waals surface area contributed by atoms with Gasteiger partial charge in [-0.25, -0.2) is 0 Å². The molecular formula is C22H31N3O7. The first-order valence-electron chi connectivity index (χ1n) is 10.6. The van der Waals surface area contributed by atoms with Crippen LogP contribution >= 0.6 is 0 Å². The summed E-state index contributed by atoms with van der Waals surface area (Å²) in [5.41, 5.74) is -1.18. The molecule has 4 N–H and O–H groups in total. The van der Waals surface area contributed by atoms with Gasteiger partial charge < -0.3 is 25.2 Å². The lowest BCUT2D eigenvalue weighted by atomic mass is 9.81. The summed E-state index contributed by atoms with van der Waals surface area (Å²) in [6.07, 6.45) is 1.37. The molecule has 1 unspecified atom stereocenters. The van der Waals surface area contributed by atoms with Crippen LogP contribution in [0.3, 0.4) is 0 Å². The molecule has 2 rings (SSSR count). The summed E-state index contributed by atoms with van der Waals surface area (Å²) in [5.74, 6) is -3.18. The fraction of sp³-hybridized carbons (Fsp3) is 0.545. The van der Waals surface area contributed by atoms with Crippen LogP contribution in [-0.2, 0) is 30.3 Å². The third-order valence-corrected chi connectivity index (χ3v) is 5.46. The van der Waals surface area contributed by atoms with E-state index in [1.807, 2.05) is 6.92 Å². The van der Waals surface area contributed by atoms with Gasteiger partial charge in [0.05, 0.1) is 19.6 Å². The number of nitrogens with zero attached hydrogens (tertiary/aromatic N) is 1. The van der Waals surface area contributed by atoms with Crippen molar-refractivity contribution in [3.8, 4) is 5.75 Å². The van der Waals surface area contributed by atoms with Crippen molar-refractivity contribution >= 4 is 23.6 Å². The molecule has 1 aliphatic rings. The first kappa shape index (κ1) is 25.3. The molecule has 1 fully saturated rings. The first-order chi connectivity index (χ1) is 15.2. The Morgan fingerprint density at radius 3 is 2.56 bits per heavy atom. The summed E-state index contributed by atoms with van der Waals surface area (Å²) in [4.78, 5) is 51.6. The number of ketones is 1. The number of aliphatic carboxylic acids is 1. The molecule has 176 valence electrons. The molecule has 0 bridgehead atoms. The predicted octanol–water partition coefficient (Wildman–Crippen LogP) is 0.0804. The van der Waals surface area contributed by atoms with Crippen molar-refractivity contribution in [2.24, 2.45) is 0 Å². The van der Waals surface area contributed by atoms with Crippen LogP contribution in [0, 0.1) is 0 Å². The van der Waals surface area contributed by atoms with E-state index in [0.717, 1.165) is 30.4 Å². The highest BCUT2D eigenvalue weighted by atomic mass is 16.5. The number of benzene rings is 1. The SMILES string of the molecule is CCCCN[C@@H](Cc1ccc(O)cc1)C(=O)C1(CC(=O)OC)NCCN(CC(=O)O)C1=O. The lowest BCUT2D eigenvalue weighted by molar-refractivity contribution is -0.159. The highest BCUT2D eigenvalue weighted by Gasteiger charge is 2.53. The quantitative estimate of drug-likeness (QED) is 0.198. The zero-order valence-electron chi connectivity index (χ0n) is 18.4. The third kappa shape index (κ3) is 6.27. The van der Waals surface area contributed by atoms with Gasteiger partial charge in [-0.2, -0.15) is 0 Å². The molecule has 0 saturated carbocycles. The second kappa shape index (κ2) is 11.6. The molecule has 0 spiro atoms. The van der Waals surface area contributed by atoms with E-state index in [4.69, 9.17) is 9.84 Å². The summed E-state index contributed by atoms with van der Waals surface area (Å²) in [5, 5.41) is 24.8. The molecule has 0 aliphatic carbocycles. The number of hydrogen-bond acceptors (Lipinski definition) is 8. The molecule has 1 aromatic rings. The predicted molar refractivity (Wildman–Crippen MR) is 115 cm³/mol. The van der Waals surface area contributed by atoms with Gasteiger partial charge in [-0.15, -0.1) is 0 Å². The van der Waals surface area contributed by atoms with Crippen molar-refractivity contribution in [2.75, 3.05) is 33.3 Å². The van der Waals surface area contributed by atoms with Gasteiger partial charge in [0.2, 0.25) is 0 Å². The molecule has 0 aromatic heterocycles. The van der Waals surface area contributed by atoms with E-state index in [9.17, 15) is 24.3 Å². The fourth-order valence-corrected chi connectivity index (χ4v) is 3.75. The molecule has 0 radical (unpaired) electrons. The van der Waals surface area contributed by atoms with E-state index in [1.165, 1.54) is 12.1 Å². The van der Waals surface area contributed by atoms with Crippen LogP contribution in [0.2, 0.25) is 0 Å². The molecule has 2 atom stereocenters. The zero-order chi connectivity index (χ0) is 23.7. The highest BCUT2D eigenvalue weighted by molar-refractivity contribution is 6.15. The van der Waals surface area contributed by atoms with E-state index in [2.05, 4.69) is 10.6 Å². The smallest absolute Gasteiger partial charge is 0.323 e. The van der Waals surface area contributed by atoms with Gasteiger partial charge in [0.25, 0.3) is 5.91 Å². The maximum absolute atomic E-state index is 13.8. The largest absolute Gasteiger partial charge is 0.508 e. The van der Waals surface area contributed by atoms with E-state index in [-0.39, 0.29) is 25.3 Å². The number of nitrogens with one attached hydrogen (secondary N) is 2. The zero-order valence-corrected chi connectivity index (χ0v) is 18.4. The van der Waals surface area contributed by atoms with E-state index >= 15 is 0 Å². The van der Waals surface area contributed by atoms with Crippen molar-refractivity contribution in [3.05, 3.63) is 29.8 Å². The van der Waals surface area contributed by atoms with Gasteiger partial charge in [-0.05, 0) is 37.1 Å². The Morgan fingerprint density at radius 1 is 1.28 bits per heavy atom. The highest BCUT2D eigenvalue weighted by Crippen LogP contribution is 2.24. The number of carboxylic acids is 1. The number of rotatable bonds is 12. The summed E-state index contributed by atoms with van der Waals surface area (Å²) in [6.45, 7) is 2.22. The van der Waals surface area contributed by atoms with Crippen molar-refractivity contribution in [1.82, 2.24) is 15.5 Å². The molecule has 1 saturated heterocycles. The molecule has 1 amide bonds. The summed E-state index contributed by atoms with van der Waals surface area (Å²) < 4.78 is 4.74. The van der Waals surface area contributed by atoms with Crippen LogP contribution in [-0.4, -0.2) is 83.6 Å². The number of amides is 1. The number of carboxylic acid groups (broad SMARTS) is 1. The van der Waals surface area contributed by atoms with Crippen LogP contribution < -0.4 is 10.6 Å². The number of ether oxygens (including phenoxy) is 1. The minimum Gasteiger partial charge on any atom is -0.508 e. The number of Topliss-reactive ketones (excluding diaryl/α,β-unsaturated/α-hetero) is 1. The maximum Gasteiger partial charge on any atom is 0.323 e. The van der Waals surface area contributed by atoms with Gasteiger partial charge >= 0.3 is 11.9 Å². The van der Waals surface area contributed by atoms with Crippen LogP contribution in [0.25, 0.3) is 0 Å². The Hall–Kier alpha value is -2.98. The maximum atomic E-state index is 13.8. The first-order valence-corrected chi connectivity index (χ1v) is 10.6. The van der Waals surface area contributed by atoms with Gasteiger partial charge in [0.15, 0.2) is 11.3 Å². The fourth-order valence-electron chi connectivity index (χ4n) is 3.75. The number of piperazine rings is 1. The molecule has 1 aliphatic heterocycles. The van der Waals surface area contributed by atoms with E-state index in [0.29, 0.717) is 6.54 Å². The average Bonchev–Trinajstić information content (AvgIpc) is 2.76. The molecular weight excluding hydrogens is 418 g/mol. The molecule has 10 nitrogen and oxygen atoms in total. The minimum atomic E-state index is -1.93. The number of unbranched alkanes of at least 4 members (excludes halogenated alkanes) is 1. The third-order valence-electron chi connectivity index (χ3n) is 5.46. The Morgan fingerprint density at radius 2 is 1.97 bits per heavy atom. The van der Waals surface area contributed by atoms with E-state index in [1.54, 1.807) is 12.1 Å². The second-order valence-corrected chi connectivity index (χ2v) is 7.80. The topological polar surface area (TPSA) is 145 Å². The number of carbonyl (C=O) groups excluding carboxylic acids is 3. The number of methoxy groups -OCH3 is 1. The molecule has 10 heteroatoms. The minimum absolute atomic E-state index is 0.0890. The van der Waals surface area contributed by atoms with E-state index < -0.39 is 48.2 Å². The Labute approximate surface area is 186 Å². The van der Waals surface area contributed by atoms with Gasteiger partial charge in [-0.3, -0.25) is 24.5 Å². The number of esters is 1. The number of hydrogen-bond donors (Lipinski definition) is 4. The average molecular weight is 450 g/mol. The van der Waals surface area contributed by atoms with Gasteiger partial charge in [-0.1, -0.05) is 25.5 Å². The van der Waals surface area contributed by atoms with Crippen LogP contribution in [0.1, 0.15) is 31.7 Å². The van der Waals surface area contributed by atoms with Crippen molar-refractivity contribution < 1.29 is 34.1 Å². The second-order valence-electron chi connectivity index (χ2n) is 7.80. The normalized spacial score (nSPS) is 19.4. The Balaban J connectivity index is 2.40. The number of phenolic OH excluding ortho intramolecular Hbond substituents is 1. The number of aromatic hydroxyl groups is 1. The van der Waals surface area contributed by atoms with Crippen LogP contribution in [0.5, 0.6) is 5.75 Å². The Bertz CT molecular complexity index is 827. The summed E-state index contributed by atoms with van der Waals surface area (Å²) in [7, 11) is 1.16. The lowest BCUT2D eigenvalue weighted by Gasteiger charge is -2.42. The Kier molecular flexibility index (Phi) is 9.15. The van der Waals surface area contributed by atoms with Crippen LogP contribution in [0.15, 0.2) is 24.3 Å². The molecule has 1 aromatic carbocycles. The number of phenols is 1. The molecule has 32 heavy (non-hydrogen) atoms. The van der Waals surface area contributed by atoms with Crippen LogP contribution in [0.4, 0.5) is 0 Å². The van der Waals surface area contributed by atoms with Crippen molar-refractivity contribution in [2.45, 2.75) is 44.2 Å². The standard InChI is InChI=1S/C22H31N3O7/c1-3-4-9-23-17(12-15-5-7-16(26)8-6-15)20(30)22(13-19(29)32-2)21(31)25(11-10-24-22)14-18(27)28/h5-8,17,23-24,26H,3-4,9-14H2,1-2H3,(H,27,28)/t17-,22?/m0/s1. The molecule has 1 heterocycles. The monoisotopic (exact) mass is 449 g/mol. The summed E-state index contributed by atoms with van der Waals surface area (Å²) >= 11 is 0. The van der Waals surface area contributed by atoms with Gasteiger partial charge in [0.1, 0.15) is 12.3 Å². The van der Waals surface area contributed by atoms with Gasteiger partial charge in [0, 0.05) is 13.1 Å². The van der Waals surface area contributed by atoms with Crippen molar-refractivity contribution in [3.63, 3.8) is 0 Å². The van der Waals surface area contributed by atoms with Crippen molar-refractivity contribution in [1.29, 1.82) is 0 Å². The number of carbonyl (C=O) groups is 4. The lowest BCUT2D eigenvalue weighted by Crippen LogP contribution is -2.72. The summed E-state index contributed by atoms with van der Waals surface area (Å²) in [6, 6.07) is 5.54.